The SMILES string of the molecule is Cc1cc(NC(=O)c2ccc(N)c(Cl)c2)ccn1. The number of pyridine rings is 1. The first kappa shape index (κ1) is 12.4. The number of amides is 1. The van der Waals surface area contributed by atoms with Gasteiger partial charge >= 0.3 is 0 Å². The van der Waals surface area contributed by atoms with Crippen LogP contribution >= 0.6 is 11.6 Å². The largest absolute Gasteiger partial charge is 0.398 e. The Balaban J connectivity index is 2.19. The van der Waals surface area contributed by atoms with E-state index in [1.807, 2.05) is 6.92 Å². The van der Waals surface area contributed by atoms with E-state index in [2.05, 4.69) is 10.3 Å². The molecule has 0 saturated carbocycles. The second-order valence-corrected chi connectivity index (χ2v) is 4.28. The molecule has 0 aliphatic rings. The lowest BCUT2D eigenvalue weighted by Gasteiger charge is -2.06. The molecule has 92 valence electrons. The number of aromatic nitrogens is 1. The van der Waals surface area contributed by atoms with Crippen LogP contribution in [-0.2, 0) is 0 Å². The van der Waals surface area contributed by atoms with Crippen LogP contribution in [0.4, 0.5) is 11.4 Å². The Hall–Kier alpha value is -2.07. The maximum absolute atomic E-state index is 12.0. The number of nitrogens with zero attached hydrogens (tertiary/aromatic N) is 1. The summed E-state index contributed by atoms with van der Waals surface area (Å²) < 4.78 is 0. The minimum Gasteiger partial charge on any atom is -0.398 e. The van der Waals surface area contributed by atoms with Gasteiger partial charge in [0.05, 0.1) is 10.7 Å². The van der Waals surface area contributed by atoms with Gasteiger partial charge in [-0.3, -0.25) is 9.78 Å². The lowest BCUT2D eigenvalue weighted by Crippen LogP contribution is -2.12. The molecule has 2 aromatic rings. The molecule has 0 fully saturated rings. The van der Waals surface area contributed by atoms with E-state index in [0.29, 0.717) is 22.0 Å². The van der Waals surface area contributed by atoms with Crippen LogP contribution in [0.15, 0.2) is 36.5 Å². The van der Waals surface area contributed by atoms with Gasteiger partial charge in [-0.25, -0.2) is 0 Å². The first-order chi connectivity index (χ1) is 8.56. The number of carbonyl (C=O) groups is 1. The summed E-state index contributed by atoms with van der Waals surface area (Å²) in [6, 6.07) is 8.29. The van der Waals surface area contributed by atoms with Gasteiger partial charge in [-0.1, -0.05) is 11.6 Å². The highest BCUT2D eigenvalue weighted by Crippen LogP contribution is 2.20. The lowest BCUT2D eigenvalue weighted by atomic mass is 10.2. The topological polar surface area (TPSA) is 68.0 Å². The first-order valence-electron chi connectivity index (χ1n) is 5.35. The zero-order chi connectivity index (χ0) is 13.1. The second-order valence-electron chi connectivity index (χ2n) is 3.88. The van der Waals surface area contributed by atoms with Crippen LogP contribution in [-0.4, -0.2) is 10.9 Å². The predicted octanol–water partition coefficient (Wildman–Crippen LogP) is 2.88. The van der Waals surface area contributed by atoms with Crippen LogP contribution in [0.25, 0.3) is 0 Å². The molecule has 3 N–H and O–H groups in total. The fraction of sp³-hybridized carbons (Fsp3) is 0.0769. The van der Waals surface area contributed by atoms with Crippen LogP contribution in [0.3, 0.4) is 0 Å². The van der Waals surface area contributed by atoms with E-state index < -0.39 is 0 Å². The molecular weight excluding hydrogens is 250 g/mol. The summed E-state index contributed by atoms with van der Waals surface area (Å²) in [5.74, 6) is -0.234. The number of anilines is 2. The highest BCUT2D eigenvalue weighted by atomic mass is 35.5. The van der Waals surface area contributed by atoms with Crippen molar-refractivity contribution in [3.05, 3.63) is 52.8 Å². The third-order valence-corrected chi connectivity index (χ3v) is 2.74. The molecule has 0 spiro atoms. The van der Waals surface area contributed by atoms with Gasteiger partial charge < -0.3 is 11.1 Å². The maximum Gasteiger partial charge on any atom is 0.255 e. The van der Waals surface area contributed by atoms with Crippen molar-refractivity contribution in [3.8, 4) is 0 Å². The van der Waals surface area contributed by atoms with Crippen LogP contribution in [0.2, 0.25) is 5.02 Å². The first-order valence-corrected chi connectivity index (χ1v) is 5.73. The standard InChI is InChI=1S/C13H12ClN3O/c1-8-6-10(4-5-16-8)17-13(18)9-2-3-12(15)11(14)7-9/h2-7H,15H2,1H3,(H,16,17,18). The van der Waals surface area contributed by atoms with Crippen molar-refractivity contribution in [2.24, 2.45) is 0 Å². The number of nitrogen functional groups attached to an aromatic ring is 1. The third kappa shape index (κ3) is 2.78. The van der Waals surface area contributed by atoms with Crippen molar-refractivity contribution in [1.82, 2.24) is 4.98 Å². The van der Waals surface area contributed by atoms with E-state index in [0.717, 1.165) is 5.69 Å². The summed E-state index contributed by atoms with van der Waals surface area (Å²) >= 11 is 5.87. The highest BCUT2D eigenvalue weighted by molar-refractivity contribution is 6.33. The van der Waals surface area contributed by atoms with E-state index in [1.54, 1.807) is 36.5 Å². The zero-order valence-corrected chi connectivity index (χ0v) is 10.5. The molecule has 0 radical (unpaired) electrons. The van der Waals surface area contributed by atoms with Crippen molar-refractivity contribution in [3.63, 3.8) is 0 Å². The molecule has 4 nitrogen and oxygen atoms in total. The molecule has 0 aliphatic carbocycles. The summed E-state index contributed by atoms with van der Waals surface area (Å²) in [5, 5.41) is 3.14. The van der Waals surface area contributed by atoms with Gasteiger partial charge in [-0.2, -0.15) is 0 Å². The van der Waals surface area contributed by atoms with Crippen molar-refractivity contribution in [1.29, 1.82) is 0 Å². The van der Waals surface area contributed by atoms with Gasteiger partial charge in [0, 0.05) is 23.1 Å². The number of benzene rings is 1. The van der Waals surface area contributed by atoms with E-state index in [1.165, 1.54) is 0 Å². The normalized spacial score (nSPS) is 10.1. The third-order valence-electron chi connectivity index (χ3n) is 2.42. The number of carbonyl (C=O) groups excluding carboxylic acids is 1. The quantitative estimate of drug-likeness (QED) is 0.817. The van der Waals surface area contributed by atoms with Gasteiger partial charge in [0.2, 0.25) is 0 Å². The van der Waals surface area contributed by atoms with Crippen molar-refractivity contribution < 1.29 is 4.79 Å². The van der Waals surface area contributed by atoms with E-state index >= 15 is 0 Å². The van der Waals surface area contributed by atoms with Crippen LogP contribution in [0.1, 0.15) is 16.1 Å². The Bertz CT molecular complexity index is 599. The molecule has 2 rings (SSSR count). The Morgan fingerprint density at radius 3 is 2.78 bits per heavy atom. The molecule has 1 aromatic carbocycles. The molecule has 0 bridgehead atoms. The molecule has 1 aromatic heterocycles. The smallest absolute Gasteiger partial charge is 0.255 e. The molecule has 0 unspecified atom stereocenters. The number of halogens is 1. The van der Waals surface area contributed by atoms with Crippen LogP contribution in [0, 0.1) is 6.92 Å². The zero-order valence-electron chi connectivity index (χ0n) is 9.77. The summed E-state index contributed by atoms with van der Waals surface area (Å²) in [5.41, 5.74) is 8.03. The summed E-state index contributed by atoms with van der Waals surface area (Å²) in [4.78, 5) is 16.0. The van der Waals surface area contributed by atoms with Gasteiger partial charge in [0.25, 0.3) is 5.91 Å². The number of hydrogen-bond acceptors (Lipinski definition) is 3. The summed E-state index contributed by atoms with van der Waals surface area (Å²) in [6.45, 7) is 1.86. The van der Waals surface area contributed by atoms with Gasteiger partial charge in [-0.05, 0) is 37.3 Å². The molecule has 0 atom stereocenters. The highest BCUT2D eigenvalue weighted by Gasteiger charge is 2.08. The Morgan fingerprint density at radius 1 is 1.33 bits per heavy atom. The van der Waals surface area contributed by atoms with E-state index in [9.17, 15) is 4.79 Å². The number of hydrogen-bond donors (Lipinski definition) is 2. The second kappa shape index (κ2) is 5.06. The average Bonchev–Trinajstić information content (AvgIpc) is 2.32. The summed E-state index contributed by atoms with van der Waals surface area (Å²) in [6.07, 6.45) is 1.64. The molecule has 0 aliphatic heterocycles. The lowest BCUT2D eigenvalue weighted by molar-refractivity contribution is 0.102. The Morgan fingerprint density at radius 2 is 2.11 bits per heavy atom. The number of rotatable bonds is 2. The molecule has 0 saturated heterocycles. The number of nitrogens with one attached hydrogen (secondary N) is 1. The van der Waals surface area contributed by atoms with Crippen molar-refractivity contribution >= 4 is 28.9 Å². The predicted molar refractivity (Wildman–Crippen MR) is 72.8 cm³/mol. The minimum absolute atomic E-state index is 0.234. The van der Waals surface area contributed by atoms with Crippen molar-refractivity contribution in [2.45, 2.75) is 6.92 Å². The monoisotopic (exact) mass is 261 g/mol. The van der Waals surface area contributed by atoms with E-state index in [4.69, 9.17) is 17.3 Å². The molecule has 18 heavy (non-hydrogen) atoms. The van der Waals surface area contributed by atoms with E-state index in [-0.39, 0.29) is 5.91 Å². The summed E-state index contributed by atoms with van der Waals surface area (Å²) in [7, 11) is 0. The number of aryl methyl sites for hydroxylation is 1. The average molecular weight is 262 g/mol. The van der Waals surface area contributed by atoms with Crippen LogP contribution < -0.4 is 11.1 Å². The van der Waals surface area contributed by atoms with Crippen molar-refractivity contribution in [2.75, 3.05) is 11.1 Å². The van der Waals surface area contributed by atoms with Crippen LogP contribution in [0.5, 0.6) is 0 Å². The molecule has 5 heteroatoms. The minimum atomic E-state index is -0.234. The molecular formula is C13H12ClN3O. The molecule has 1 amide bonds. The Labute approximate surface area is 110 Å². The molecule has 1 heterocycles. The fourth-order valence-corrected chi connectivity index (χ4v) is 1.68. The maximum atomic E-state index is 12.0. The van der Waals surface area contributed by atoms with Gasteiger partial charge in [0.1, 0.15) is 0 Å². The number of nitrogens with two attached hydrogens (primary N) is 1. The van der Waals surface area contributed by atoms with Gasteiger partial charge in [-0.15, -0.1) is 0 Å². The Kier molecular flexibility index (Phi) is 3.48. The fourth-order valence-electron chi connectivity index (χ4n) is 1.49. The van der Waals surface area contributed by atoms with Gasteiger partial charge in [0.15, 0.2) is 0 Å².